The Hall–Kier alpha value is -1.28. The molecule has 13 heavy (non-hydrogen) atoms. The highest BCUT2D eigenvalue weighted by Crippen LogP contribution is 2.00. The summed E-state index contributed by atoms with van der Waals surface area (Å²) in [6.07, 6.45) is 3.62. The van der Waals surface area contributed by atoms with Crippen LogP contribution in [0.1, 0.15) is 5.56 Å². The molecular weight excluding hydrogens is 164 g/mol. The Kier molecular flexibility index (Phi) is 4.72. The molecule has 0 aliphatic heterocycles. The fourth-order valence-corrected chi connectivity index (χ4v) is 0.890. The number of benzene rings is 1. The van der Waals surface area contributed by atoms with Crippen LogP contribution in [0.3, 0.4) is 0 Å². The summed E-state index contributed by atoms with van der Waals surface area (Å²) in [6.45, 7) is 1.22. The highest BCUT2D eigenvalue weighted by Gasteiger charge is 1.83. The van der Waals surface area contributed by atoms with E-state index in [2.05, 4.69) is 0 Å². The summed E-state index contributed by atoms with van der Waals surface area (Å²) in [7, 11) is 1.66. The van der Waals surface area contributed by atoms with E-state index < -0.39 is 0 Å². The van der Waals surface area contributed by atoms with E-state index in [-0.39, 0.29) is 0 Å². The summed E-state index contributed by atoms with van der Waals surface area (Å²) in [4.78, 5) is 0. The zero-order valence-corrected chi connectivity index (χ0v) is 7.77. The molecule has 0 amide bonds. The van der Waals surface area contributed by atoms with Crippen LogP contribution >= 0.6 is 0 Å². The number of hydrogen-bond donors (Lipinski definition) is 0. The molecule has 0 saturated carbocycles. The molecule has 1 aromatic rings. The maximum atomic E-state index is 5.17. The van der Waals surface area contributed by atoms with Gasteiger partial charge in [-0.25, -0.2) is 0 Å². The Morgan fingerprint density at radius 1 is 1.15 bits per heavy atom. The first-order valence-electron chi connectivity index (χ1n) is 4.25. The van der Waals surface area contributed by atoms with Crippen LogP contribution in [-0.2, 0) is 9.47 Å². The molecule has 0 aromatic heterocycles. The second-order valence-corrected chi connectivity index (χ2v) is 2.58. The topological polar surface area (TPSA) is 18.5 Å². The highest BCUT2D eigenvalue weighted by atomic mass is 16.5. The van der Waals surface area contributed by atoms with Gasteiger partial charge in [-0.15, -0.1) is 0 Å². The minimum atomic E-state index is 0.597. The summed E-state index contributed by atoms with van der Waals surface area (Å²) < 4.78 is 10.0. The van der Waals surface area contributed by atoms with Gasteiger partial charge in [0.2, 0.25) is 0 Å². The van der Waals surface area contributed by atoms with Crippen LogP contribution in [0.4, 0.5) is 0 Å². The summed E-state index contributed by atoms with van der Waals surface area (Å²) in [6, 6.07) is 10.0. The lowest BCUT2D eigenvalue weighted by Gasteiger charge is -1.98. The van der Waals surface area contributed by atoms with Crippen molar-refractivity contribution in [1.82, 2.24) is 0 Å². The summed E-state index contributed by atoms with van der Waals surface area (Å²) in [5.41, 5.74) is 1.14. The zero-order valence-electron chi connectivity index (χ0n) is 7.77. The van der Waals surface area contributed by atoms with Crippen molar-refractivity contribution in [2.45, 2.75) is 0 Å². The van der Waals surface area contributed by atoms with E-state index >= 15 is 0 Å². The molecule has 0 atom stereocenters. The Balaban J connectivity index is 2.25. The molecule has 0 unspecified atom stereocenters. The van der Waals surface area contributed by atoms with Gasteiger partial charge in [-0.3, -0.25) is 0 Å². The standard InChI is InChI=1S/C11H14O2/c1-12-9-10-13-8-7-11-5-3-2-4-6-11/h2-8H,9-10H2,1H3/b8-7+. The van der Waals surface area contributed by atoms with E-state index in [1.54, 1.807) is 13.4 Å². The van der Waals surface area contributed by atoms with Gasteiger partial charge in [0.25, 0.3) is 0 Å². The summed E-state index contributed by atoms with van der Waals surface area (Å²) in [5.74, 6) is 0. The minimum absolute atomic E-state index is 0.597. The molecule has 0 N–H and O–H groups in total. The fourth-order valence-electron chi connectivity index (χ4n) is 0.890. The van der Waals surface area contributed by atoms with Crippen molar-refractivity contribution in [3.8, 4) is 0 Å². The Morgan fingerprint density at radius 3 is 2.62 bits per heavy atom. The lowest BCUT2D eigenvalue weighted by Crippen LogP contribution is -1.96. The molecule has 0 fully saturated rings. The predicted molar refractivity (Wildman–Crippen MR) is 53.3 cm³/mol. The van der Waals surface area contributed by atoms with Gasteiger partial charge in [-0.2, -0.15) is 0 Å². The Labute approximate surface area is 78.8 Å². The first-order chi connectivity index (χ1) is 6.43. The SMILES string of the molecule is COCCO/C=C/c1ccccc1. The maximum Gasteiger partial charge on any atom is 0.111 e. The quantitative estimate of drug-likeness (QED) is 0.509. The molecule has 0 spiro atoms. The van der Waals surface area contributed by atoms with Crippen molar-refractivity contribution in [3.05, 3.63) is 42.2 Å². The number of methoxy groups -OCH3 is 1. The second kappa shape index (κ2) is 6.26. The highest BCUT2D eigenvalue weighted by molar-refractivity contribution is 5.47. The molecule has 2 heteroatoms. The van der Waals surface area contributed by atoms with E-state index in [1.807, 2.05) is 36.4 Å². The van der Waals surface area contributed by atoms with E-state index in [0.717, 1.165) is 5.56 Å². The maximum absolute atomic E-state index is 5.17. The minimum Gasteiger partial charge on any atom is -0.499 e. The van der Waals surface area contributed by atoms with Crippen molar-refractivity contribution in [2.24, 2.45) is 0 Å². The van der Waals surface area contributed by atoms with Crippen molar-refractivity contribution in [1.29, 1.82) is 0 Å². The first-order valence-corrected chi connectivity index (χ1v) is 4.25. The van der Waals surface area contributed by atoms with Gasteiger partial charge < -0.3 is 9.47 Å². The van der Waals surface area contributed by atoms with Crippen molar-refractivity contribution in [3.63, 3.8) is 0 Å². The van der Waals surface area contributed by atoms with Crippen molar-refractivity contribution < 1.29 is 9.47 Å². The molecule has 0 heterocycles. The smallest absolute Gasteiger partial charge is 0.111 e. The normalized spacial score (nSPS) is 10.5. The van der Waals surface area contributed by atoms with Crippen LogP contribution in [0.5, 0.6) is 0 Å². The van der Waals surface area contributed by atoms with E-state index in [4.69, 9.17) is 9.47 Å². The number of rotatable bonds is 5. The lowest BCUT2D eigenvalue weighted by atomic mass is 10.2. The summed E-state index contributed by atoms with van der Waals surface area (Å²) >= 11 is 0. The van der Waals surface area contributed by atoms with Crippen LogP contribution in [0.15, 0.2) is 36.6 Å². The molecule has 1 rings (SSSR count). The van der Waals surface area contributed by atoms with Gasteiger partial charge in [-0.05, 0) is 11.6 Å². The van der Waals surface area contributed by atoms with Crippen LogP contribution in [0.2, 0.25) is 0 Å². The average Bonchev–Trinajstić information content (AvgIpc) is 2.19. The molecule has 0 aliphatic rings. The van der Waals surface area contributed by atoms with E-state index in [0.29, 0.717) is 13.2 Å². The second-order valence-electron chi connectivity index (χ2n) is 2.58. The van der Waals surface area contributed by atoms with Crippen LogP contribution in [0.25, 0.3) is 6.08 Å². The van der Waals surface area contributed by atoms with Crippen molar-refractivity contribution in [2.75, 3.05) is 20.3 Å². The van der Waals surface area contributed by atoms with Gasteiger partial charge in [0, 0.05) is 7.11 Å². The Morgan fingerprint density at radius 2 is 1.92 bits per heavy atom. The fraction of sp³-hybridized carbons (Fsp3) is 0.273. The first kappa shape index (κ1) is 9.81. The van der Waals surface area contributed by atoms with E-state index in [9.17, 15) is 0 Å². The van der Waals surface area contributed by atoms with Gasteiger partial charge in [0.1, 0.15) is 6.61 Å². The Bertz CT molecular complexity index is 242. The van der Waals surface area contributed by atoms with Crippen molar-refractivity contribution >= 4 is 6.08 Å². The monoisotopic (exact) mass is 178 g/mol. The largest absolute Gasteiger partial charge is 0.499 e. The third-order valence-corrected chi connectivity index (χ3v) is 1.56. The lowest BCUT2D eigenvalue weighted by molar-refractivity contribution is 0.124. The molecule has 2 nitrogen and oxygen atoms in total. The molecule has 70 valence electrons. The molecule has 0 bridgehead atoms. The van der Waals surface area contributed by atoms with Crippen LogP contribution in [-0.4, -0.2) is 20.3 Å². The molecule has 0 saturated heterocycles. The van der Waals surface area contributed by atoms with E-state index in [1.165, 1.54) is 0 Å². The summed E-state index contributed by atoms with van der Waals surface area (Å²) in [5, 5.41) is 0. The molecule has 1 aromatic carbocycles. The van der Waals surface area contributed by atoms with Gasteiger partial charge in [-0.1, -0.05) is 30.3 Å². The van der Waals surface area contributed by atoms with Crippen LogP contribution < -0.4 is 0 Å². The third kappa shape index (κ3) is 4.33. The number of hydrogen-bond acceptors (Lipinski definition) is 2. The van der Waals surface area contributed by atoms with Gasteiger partial charge in [0.15, 0.2) is 0 Å². The van der Waals surface area contributed by atoms with Gasteiger partial charge in [0.05, 0.1) is 12.9 Å². The molecule has 0 aliphatic carbocycles. The average molecular weight is 178 g/mol. The third-order valence-electron chi connectivity index (χ3n) is 1.56. The zero-order chi connectivity index (χ0) is 9.36. The number of ether oxygens (including phenoxy) is 2. The van der Waals surface area contributed by atoms with Crippen LogP contribution in [0, 0.1) is 0 Å². The predicted octanol–water partition coefficient (Wildman–Crippen LogP) is 2.32. The molecule has 0 radical (unpaired) electrons. The molecular formula is C11H14O2. The van der Waals surface area contributed by atoms with Gasteiger partial charge >= 0.3 is 0 Å².